The highest BCUT2D eigenvalue weighted by Crippen LogP contribution is 2.32. The minimum atomic E-state index is -0.328. The number of H-pyrrole nitrogens is 2. The number of carbonyl (C=O) groups is 1. The summed E-state index contributed by atoms with van der Waals surface area (Å²) in [4.78, 5) is 18.6. The van der Waals surface area contributed by atoms with Crippen LogP contribution in [-0.2, 0) is 4.74 Å². The van der Waals surface area contributed by atoms with Crippen LogP contribution in [0.5, 0.6) is 0 Å². The first-order chi connectivity index (χ1) is 13.6. The van der Waals surface area contributed by atoms with Gasteiger partial charge in [0, 0.05) is 37.2 Å². The first-order valence-corrected chi connectivity index (χ1v) is 9.93. The van der Waals surface area contributed by atoms with Crippen LogP contribution >= 0.6 is 15.9 Å². The SMILES string of the molecule is CCOC(=O)c1cc2cc(-c3ccc4[nH]c5ccc(Br)cc5c4c3)ccc2[nH]1. The molecule has 3 aromatic carbocycles. The molecule has 0 saturated heterocycles. The van der Waals surface area contributed by atoms with Crippen molar-refractivity contribution in [1.29, 1.82) is 0 Å². The Bertz CT molecular complexity index is 1360. The van der Waals surface area contributed by atoms with E-state index in [1.807, 2.05) is 18.2 Å². The van der Waals surface area contributed by atoms with Crippen molar-refractivity contribution in [3.8, 4) is 11.1 Å². The van der Waals surface area contributed by atoms with E-state index in [-0.39, 0.29) is 5.97 Å². The van der Waals surface area contributed by atoms with Gasteiger partial charge >= 0.3 is 5.97 Å². The fraction of sp³-hybridized carbons (Fsp3) is 0.0870. The summed E-state index contributed by atoms with van der Waals surface area (Å²) < 4.78 is 6.15. The number of fused-ring (bicyclic) bond motifs is 4. The Morgan fingerprint density at radius 2 is 1.54 bits per heavy atom. The molecule has 0 atom stereocenters. The largest absolute Gasteiger partial charge is 0.461 e. The van der Waals surface area contributed by atoms with Gasteiger partial charge in [0.15, 0.2) is 0 Å². The first kappa shape index (κ1) is 17.1. The van der Waals surface area contributed by atoms with Gasteiger partial charge in [-0.05, 0) is 66.6 Å². The van der Waals surface area contributed by atoms with Gasteiger partial charge in [0.25, 0.3) is 0 Å². The number of aromatic amines is 2. The molecule has 0 unspecified atom stereocenters. The molecule has 4 nitrogen and oxygen atoms in total. The second kappa shape index (κ2) is 6.53. The van der Waals surface area contributed by atoms with Crippen molar-refractivity contribution in [2.24, 2.45) is 0 Å². The molecule has 0 fully saturated rings. The summed E-state index contributed by atoms with van der Waals surface area (Å²) in [5.74, 6) is -0.328. The molecular weight excluding hydrogens is 416 g/mol. The molecule has 0 aliphatic heterocycles. The zero-order chi connectivity index (χ0) is 19.3. The molecule has 138 valence electrons. The summed E-state index contributed by atoms with van der Waals surface area (Å²) in [6.45, 7) is 2.16. The van der Waals surface area contributed by atoms with Gasteiger partial charge in [0.1, 0.15) is 5.69 Å². The maximum atomic E-state index is 12.0. The van der Waals surface area contributed by atoms with Crippen molar-refractivity contribution in [3.05, 3.63) is 70.8 Å². The standard InChI is InChI=1S/C23H17BrN2O2/c1-2-28-23(27)22-11-15-9-13(3-6-19(15)25-22)14-4-7-20-17(10-14)18-12-16(24)5-8-21(18)26-20/h3-12,25-26H,2H2,1H3. The fourth-order valence-corrected chi connectivity index (χ4v) is 4.04. The van der Waals surface area contributed by atoms with Crippen LogP contribution in [0.15, 0.2) is 65.1 Å². The van der Waals surface area contributed by atoms with Crippen LogP contribution in [0.3, 0.4) is 0 Å². The summed E-state index contributed by atoms with van der Waals surface area (Å²) in [5, 5.41) is 3.37. The number of rotatable bonds is 3. The minimum absolute atomic E-state index is 0.328. The number of esters is 1. The summed E-state index contributed by atoms with van der Waals surface area (Å²) in [6, 6.07) is 20.7. The highest BCUT2D eigenvalue weighted by Gasteiger charge is 2.12. The molecule has 0 bridgehead atoms. The zero-order valence-electron chi connectivity index (χ0n) is 15.2. The van der Waals surface area contributed by atoms with E-state index >= 15 is 0 Å². The number of aromatic nitrogens is 2. The number of carbonyl (C=O) groups excluding carboxylic acids is 1. The number of hydrogen-bond acceptors (Lipinski definition) is 2. The van der Waals surface area contributed by atoms with Crippen LogP contribution in [0.1, 0.15) is 17.4 Å². The number of benzene rings is 3. The van der Waals surface area contributed by atoms with Crippen LogP contribution in [0.4, 0.5) is 0 Å². The monoisotopic (exact) mass is 432 g/mol. The second-order valence-electron chi connectivity index (χ2n) is 6.78. The lowest BCUT2D eigenvalue weighted by atomic mass is 10.0. The number of ether oxygens (including phenoxy) is 1. The Labute approximate surface area is 169 Å². The highest BCUT2D eigenvalue weighted by molar-refractivity contribution is 9.10. The van der Waals surface area contributed by atoms with Crippen molar-refractivity contribution in [3.63, 3.8) is 0 Å². The molecule has 2 N–H and O–H groups in total. The predicted octanol–water partition coefficient (Wildman–Crippen LogP) is 6.41. The average Bonchev–Trinajstić information content (AvgIpc) is 3.28. The van der Waals surface area contributed by atoms with E-state index < -0.39 is 0 Å². The normalized spacial score (nSPS) is 11.5. The first-order valence-electron chi connectivity index (χ1n) is 9.13. The maximum absolute atomic E-state index is 12.0. The highest BCUT2D eigenvalue weighted by atomic mass is 79.9. The van der Waals surface area contributed by atoms with E-state index in [0.717, 1.165) is 37.5 Å². The van der Waals surface area contributed by atoms with E-state index in [0.29, 0.717) is 12.3 Å². The molecule has 2 aromatic heterocycles. The number of nitrogens with one attached hydrogen (secondary N) is 2. The third-order valence-electron chi connectivity index (χ3n) is 5.01. The Balaban J connectivity index is 1.62. The molecule has 2 heterocycles. The Morgan fingerprint density at radius 3 is 2.32 bits per heavy atom. The lowest BCUT2D eigenvalue weighted by Gasteiger charge is -2.03. The van der Waals surface area contributed by atoms with Gasteiger partial charge in [-0.15, -0.1) is 0 Å². The quantitative estimate of drug-likeness (QED) is 0.323. The summed E-state index contributed by atoms with van der Waals surface area (Å²) in [6.07, 6.45) is 0. The van der Waals surface area contributed by atoms with Gasteiger partial charge in [-0.3, -0.25) is 0 Å². The predicted molar refractivity (Wildman–Crippen MR) is 117 cm³/mol. The van der Waals surface area contributed by atoms with Crippen molar-refractivity contribution >= 4 is 54.6 Å². The Hall–Kier alpha value is -3.05. The lowest BCUT2D eigenvalue weighted by Crippen LogP contribution is -2.04. The molecule has 5 aromatic rings. The summed E-state index contributed by atoms with van der Waals surface area (Å²) in [5.41, 5.74) is 5.87. The molecule has 0 spiro atoms. The van der Waals surface area contributed by atoms with E-state index in [1.165, 1.54) is 10.8 Å². The second-order valence-corrected chi connectivity index (χ2v) is 7.70. The van der Waals surface area contributed by atoms with Gasteiger partial charge in [-0.25, -0.2) is 4.79 Å². The Morgan fingerprint density at radius 1 is 0.857 bits per heavy atom. The number of halogens is 1. The van der Waals surface area contributed by atoms with E-state index in [4.69, 9.17) is 4.74 Å². The number of hydrogen-bond donors (Lipinski definition) is 2. The van der Waals surface area contributed by atoms with Crippen molar-refractivity contribution in [2.45, 2.75) is 6.92 Å². The molecule has 0 amide bonds. The molecule has 5 rings (SSSR count). The van der Waals surface area contributed by atoms with Crippen molar-refractivity contribution < 1.29 is 9.53 Å². The van der Waals surface area contributed by atoms with Crippen LogP contribution in [-0.4, -0.2) is 22.5 Å². The zero-order valence-corrected chi connectivity index (χ0v) is 16.8. The summed E-state index contributed by atoms with van der Waals surface area (Å²) in [7, 11) is 0. The van der Waals surface area contributed by atoms with E-state index in [9.17, 15) is 4.79 Å². The average molecular weight is 433 g/mol. The van der Waals surface area contributed by atoms with Gasteiger partial charge in [0.2, 0.25) is 0 Å². The molecule has 5 heteroatoms. The van der Waals surface area contributed by atoms with Gasteiger partial charge in [-0.1, -0.05) is 28.1 Å². The van der Waals surface area contributed by atoms with Crippen molar-refractivity contribution in [2.75, 3.05) is 6.61 Å². The minimum Gasteiger partial charge on any atom is -0.461 e. The topological polar surface area (TPSA) is 57.9 Å². The van der Waals surface area contributed by atoms with Crippen LogP contribution in [0, 0.1) is 0 Å². The summed E-state index contributed by atoms with van der Waals surface area (Å²) >= 11 is 3.56. The van der Waals surface area contributed by atoms with Crippen LogP contribution in [0.25, 0.3) is 43.8 Å². The van der Waals surface area contributed by atoms with Gasteiger partial charge < -0.3 is 14.7 Å². The molecule has 0 radical (unpaired) electrons. The Kier molecular flexibility index (Phi) is 3.98. The van der Waals surface area contributed by atoms with Gasteiger partial charge in [0.05, 0.1) is 6.61 Å². The smallest absolute Gasteiger partial charge is 0.354 e. The van der Waals surface area contributed by atoms with E-state index in [1.54, 1.807) is 6.92 Å². The third-order valence-corrected chi connectivity index (χ3v) is 5.50. The molecule has 0 aliphatic carbocycles. The van der Waals surface area contributed by atoms with Crippen LogP contribution in [0.2, 0.25) is 0 Å². The van der Waals surface area contributed by atoms with Crippen molar-refractivity contribution in [1.82, 2.24) is 9.97 Å². The third kappa shape index (κ3) is 2.79. The maximum Gasteiger partial charge on any atom is 0.354 e. The molecular formula is C23H17BrN2O2. The van der Waals surface area contributed by atoms with E-state index in [2.05, 4.69) is 68.4 Å². The fourth-order valence-electron chi connectivity index (χ4n) is 3.68. The molecule has 0 saturated carbocycles. The van der Waals surface area contributed by atoms with Gasteiger partial charge in [-0.2, -0.15) is 0 Å². The van der Waals surface area contributed by atoms with Crippen LogP contribution < -0.4 is 0 Å². The molecule has 0 aliphatic rings. The molecule has 28 heavy (non-hydrogen) atoms. The lowest BCUT2D eigenvalue weighted by molar-refractivity contribution is 0.0520.